The summed E-state index contributed by atoms with van der Waals surface area (Å²) >= 11 is 0. The number of carbonyl (C=O) groups is 1. The van der Waals surface area contributed by atoms with Crippen molar-refractivity contribution in [2.45, 2.75) is 46.1 Å². The van der Waals surface area contributed by atoms with Crippen LogP contribution in [0.25, 0.3) is 17.1 Å². The first-order valence-corrected chi connectivity index (χ1v) is 12.8. The summed E-state index contributed by atoms with van der Waals surface area (Å²) in [5, 5.41) is 2.98. The van der Waals surface area contributed by atoms with Crippen LogP contribution in [-0.4, -0.2) is 28.6 Å². The standard InChI is InChI=1S/C31H35N3O2/c1-24-16-18-29(25(2)23-24)36-22-9-8-21-34-28-14-7-6-13-27(28)33-30(34)15-10-20-32-31(35)19-17-26-11-4-3-5-12-26/h3-7,11-14,16-19,23H,8-10,15,20-22H2,1-2H3,(H,32,35)/b19-17+. The fraction of sp³-hybridized carbons (Fsp3) is 0.290. The van der Waals surface area contributed by atoms with Crippen LogP contribution in [-0.2, 0) is 17.8 Å². The number of ether oxygens (including phenoxy) is 1. The minimum Gasteiger partial charge on any atom is -0.493 e. The van der Waals surface area contributed by atoms with Crippen LogP contribution in [0.1, 0.15) is 41.8 Å². The third-order valence-corrected chi connectivity index (χ3v) is 6.20. The van der Waals surface area contributed by atoms with Crippen molar-refractivity contribution in [3.8, 4) is 5.75 Å². The van der Waals surface area contributed by atoms with Gasteiger partial charge in [0.25, 0.3) is 0 Å². The van der Waals surface area contributed by atoms with Gasteiger partial charge in [0.05, 0.1) is 17.6 Å². The van der Waals surface area contributed by atoms with E-state index in [1.165, 1.54) is 11.1 Å². The molecule has 1 amide bonds. The Bertz CT molecular complexity index is 1310. The quantitative estimate of drug-likeness (QED) is 0.192. The van der Waals surface area contributed by atoms with Crippen molar-refractivity contribution in [1.82, 2.24) is 14.9 Å². The number of amides is 1. The summed E-state index contributed by atoms with van der Waals surface area (Å²) in [7, 11) is 0. The Morgan fingerprint density at radius 1 is 0.972 bits per heavy atom. The number of imidazole rings is 1. The normalized spacial score (nSPS) is 11.3. The number of nitrogens with one attached hydrogen (secondary N) is 1. The molecule has 1 aromatic heterocycles. The van der Waals surface area contributed by atoms with Gasteiger partial charge in [0.2, 0.25) is 5.91 Å². The highest BCUT2D eigenvalue weighted by Crippen LogP contribution is 2.20. The second-order valence-electron chi connectivity index (χ2n) is 9.13. The topological polar surface area (TPSA) is 56.1 Å². The first kappa shape index (κ1) is 25.2. The first-order valence-electron chi connectivity index (χ1n) is 12.8. The zero-order valence-electron chi connectivity index (χ0n) is 21.2. The second-order valence-corrected chi connectivity index (χ2v) is 9.13. The zero-order valence-corrected chi connectivity index (χ0v) is 21.2. The lowest BCUT2D eigenvalue weighted by Gasteiger charge is -2.12. The summed E-state index contributed by atoms with van der Waals surface area (Å²) in [6.07, 6.45) is 7.06. The van der Waals surface area contributed by atoms with E-state index in [9.17, 15) is 4.79 Å². The molecule has 0 aliphatic heterocycles. The minimum absolute atomic E-state index is 0.0730. The summed E-state index contributed by atoms with van der Waals surface area (Å²) in [4.78, 5) is 17.0. The molecule has 0 aliphatic rings. The molecule has 1 N–H and O–H groups in total. The molecule has 0 spiro atoms. The van der Waals surface area contributed by atoms with E-state index < -0.39 is 0 Å². The lowest BCUT2D eigenvalue weighted by molar-refractivity contribution is -0.116. The number of hydrogen-bond acceptors (Lipinski definition) is 3. The van der Waals surface area contributed by atoms with Crippen molar-refractivity contribution in [2.24, 2.45) is 0 Å². The molecule has 0 aliphatic carbocycles. The minimum atomic E-state index is -0.0730. The molecule has 0 radical (unpaired) electrons. The van der Waals surface area contributed by atoms with Gasteiger partial charge in [-0.2, -0.15) is 0 Å². The number of nitrogens with zero attached hydrogens (tertiary/aromatic N) is 2. The molecule has 0 fully saturated rings. The second kappa shape index (κ2) is 12.7. The van der Waals surface area contributed by atoms with Crippen LogP contribution in [0.15, 0.2) is 78.9 Å². The molecule has 5 heteroatoms. The van der Waals surface area contributed by atoms with E-state index in [0.29, 0.717) is 13.2 Å². The van der Waals surface area contributed by atoms with Crippen molar-refractivity contribution in [3.05, 3.63) is 101 Å². The summed E-state index contributed by atoms with van der Waals surface area (Å²) < 4.78 is 8.33. The van der Waals surface area contributed by atoms with Crippen molar-refractivity contribution >= 4 is 23.0 Å². The molecule has 186 valence electrons. The molecule has 0 atom stereocenters. The highest BCUT2D eigenvalue weighted by atomic mass is 16.5. The molecule has 36 heavy (non-hydrogen) atoms. The number of hydrogen-bond donors (Lipinski definition) is 1. The van der Waals surface area contributed by atoms with Gasteiger partial charge >= 0.3 is 0 Å². The molecule has 5 nitrogen and oxygen atoms in total. The number of unbranched alkanes of at least 4 members (excludes halogenated alkanes) is 1. The van der Waals surface area contributed by atoms with E-state index in [2.05, 4.69) is 60.1 Å². The van der Waals surface area contributed by atoms with E-state index in [0.717, 1.165) is 60.4 Å². The van der Waals surface area contributed by atoms with Gasteiger partial charge < -0.3 is 14.6 Å². The SMILES string of the molecule is Cc1ccc(OCCCCn2c(CCCNC(=O)/C=C/c3ccccc3)nc3ccccc32)c(C)c1. The lowest BCUT2D eigenvalue weighted by Crippen LogP contribution is -2.22. The summed E-state index contributed by atoms with van der Waals surface area (Å²) in [5.41, 5.74) is 5.63. The molecule has 0 bridgehead atoms. The van der Waals surface area contributed by atoms with Crippen LogP contribution in [0.4, 0.5) is 0 Å². The van der Waals surface area contributed by atoms with Crippen molar-refractivity contribution in [2.75, 3.05) is 13.2 Å². The van der Waals surface area contributed by atoms with Crippen LogP contribution in [0.3, 0.4) is 0 Å². The zero-order chi connectivity index (χ0) is 25.2. The number of aromatic nitrogens is 2. The number of para-hydroxylation sites is 2. The Morgan fingerprint density at radius 2 is 1.78 bits per heavy atom. The van der Waals surface area contributed by atoms with E-state index in [1.54, 1.807) is 6.08 Å². The molecular weight excluding hydrogens is 446 g/mol. The Labute approximate surface area is 213 Å². The molecule has 4 aromatic rings. The molecule has 0 unspecified atom stereocenters. The maximum Gasteiger partial charge on any atom is 0.243 e. The Kier molecular flexibility index (Phi) is 8.92. The van der Waals surface area contributed by atoms with Crippen molar-refractivity contribution in [1.29, 1.82) is 0 Å². The van der Waals surface area contributed by atoms with Gasteiger partial charge in [-0.3, -0.25) is 4.79 Å². The Morgan fingerprint density at radius 3 is 2.61 bits per heavy atom. The lowest BCUT2D eigenvalue weighted by atomic mass is 10.1. The monoisotopic (exact) mass is 481 g/mol. The summed E-state index contributed by atoms with van der Waals surface area (Å²) in [5.74, 6) is 1.96. The van der Waals surface area contributed by atoms with Crippen LogP contribution < -0.4 is 10.1 Å². The van der Waals surface area contributed by atoms with Crippen LogP contribution in [0, 0.1) is 13.8 Å². The third-order valence-electron chi connectivity index (χ3n) is 6.20. The number of carbonyl (C=O) groups excluding carboxylic acids is 1. The molecule has 1 heterocycles. The van der Waals surface area contributed by atoms with Gasteiger partial charge in [-0.05, 0) is 68.5 Å². The predicted molar refractivity (Wildman–Crippen MR) is 147 cm³/mol. The smallest absolute Gasteiger partial charge is 0.243 e. The molecule has 3 aromatic carbocycles. The highest BCUT2D eigenvalue weighted by Gasteiger charge is 2.10. The maximum atomic E-state index is 12.1. The summed E-state index contributed by atoms with van der Waals surface area (Å²) in [6, 6.07) is 24.4. The summed E-state index contributed by atoms with van der Waals surface area (Å²) in [6.45, 7) is 6.41. The van der Waals surface area contributed by atoms with Gasteiger partial charge in [-0.1, -0.05) is 60.2 Å². The van der Waals surface area contributed by atoms with Crippen LogP contribution in [0.5, 0.6) is 5.75 Å². The van der Waals surface area contributed by atoms with Gasteiger partial charge in [-0.25, -0.2) is 4.98 Å². The average Bonchev–Trinajstić information content (AvgIpc) is 3.24. The highest BCUT2D eigenvalue weighted by molar-refractivity contribution is 5.91. The fourth-order valence-electron chi connectivity index (χ4n) is 4.33. The van der Waals surface area contributed by atoms with E-state index in [1.807, 2.05) is 42.5 Å². The van der Waals surface area contributed by atoms with E-state index >= 15 is 0 Å². The van der Waals surface area contributed by atoms with Gasteiger partial charge in [0.15, 0.2) is 0 Å². The molecule has 0 saturated carbocycles. The fourth-order valence-corrected chi connectivity index (χ4v) is 4.33. The first-order chi connectivity index (χ1) is 17.6. The molecular formula is C31H35N3O2. The van der Waals surface area contributed by atoms with Crippen LogP contribution >= 0.6 is 0 Å². The maximum absolute atomic E-state index is 12.1. The van der Waals surface area contributed by atoms with Crippen LogP contribution in [0.2, 0.25) is 0 Å². The number of fused-ring (bicyclic) bond motifs is 1. The van der Waals surface area contributed by atoms with Gasteiger partial charge in [0.1, 0.15) is 11.6 Å². The van der Waals surface area contributed by atoms with E-state index in [4.69, 9.17) is 9.72 Å². The van der Waals surface area contributed by atoms with Crippen molar-refractivity contribution < 1.29 is 9.53 Å². The van der Waals surface area contributed by atoms with E-state index in [-0.39, 0.29) is 5.91 Å². The number of benzene rings is 3. The van der Waals surface area contributed by atoms with Crippen molar-refractivity contribution in [3.63, 3.8) is 0 Å². The molecule has 0 saturated heterocycles. The average molecular weight is 482 g/mol. The largest absolute Gasteiger partial charge is 0.493 e. The third kappa shape index (κ3) is 7.08. The van der Waals surface area contributed by atoms with Gasteiger partial charge in [-0.15, -0.1) is 0 Å². The van der Waals surface area contributed by atoms with Gasteiger partial charge in [0, 0.05) is 25.6 Å². The molecule has 4 rings (SSSR count). The Hall–Kier alpha value is -3.86. The predicted octanol–water partition coefficient (Wildman–Crippen LogP) is 6.27. The Balaban J connectivity index is 1.26. The number of aryl methyl sites for hydroxylation is 4. The number of rotatable bonds is 12.